The number of carbonyl (C=O) groups excluding carboxylic acids is 1. The molecule has 0 unspecified atom stereocenters. The van der Waals surface area contributed by atoms with Crippen molar-refractivity contribution >= 4 is 23.2 Å². The van der Waals surface area contributed by atoms with Crippen LogP contribution in [0.5, 0.6) is 11.5 Å². The molecular formula is C16H18N2O6S. The van der Waals surface area contributed by atoms with E-state index in [4.69, 9.17) is 19.3 Å². The number of aromatic nitrogens is 1. The van der Waals surface area contributed by atoms with Gasteiger partial charge in [0.2, 0.25) is 0 Å². The fraction of sp³-hybridized carbons (Fsp3) is 0.312. The van der Waals surface area contributed by atoms with Gasteiger partial charge in [0.05, 0.1) is 24.9 Å². The van der Waals surface area contributed by atoms with E-state index in [1.807, 2.05) is 5.38 Å². The van der Waals surface area contributed by atoms with Gasteiger partial charge in [0.25, 0.3) is 5.91 Å². The number of nitrogens with one attached hydrogen (secondary N) is 1. The zero-order valence-corrected chi connectivity index (χ0v) is 14.4. The van der Waals surface area contributed by atoms with Gasteiger partial charge in [0.15, 0.2) is 11.5 Å². The summed E-state index contributed by atoms with van der Waals surface area (Å²) in [4.78, 5) is 26.5. The summed E-state index contributed by atoms with van der Waals surface area (Å²) in [5, 5.41) is 13.0. The number of methoxy groups -OCH3 is 1. The summed E-state index contributed by atoms with van der Waals surface area (Å²) in [6.45, 7) is 0.238. The molecule has 25 heavy (non-hydrogen) atoms. The molecule has 2 N–H and O–H groups in total. The van der Waals surface area contributed by atoms with Crippen molar-refractivity contribution in [3.63, 3.8) is 0 Å². The summed E-state index contributed by atoms with van der Waals surface area (Å²) in [5.41, 5.74) is 2.94. The fourth-order valence-electron chi connectivity index (χ4n) is 1.89. The Balaban J connectivity index is 1.88. The average Bonchev–Trinajstić information content (AvgIpc) is 3.12. The number of hydrogen-bond acceptors (Lipinski definition) is 7. The lowest BCUT2D eigenvalue weighted by molar-refractivity contribution is -0.142. The van der Waals surface area contributed by atoms with Gasteiger partial charge < -0.3 is 24.6 Å². The highest BCUT2D eigenvalue weighted by atomic mass is 32.1. The van der Waals surface area contributed by atoms with Crippen molar-refractivity contribution in [3.05, 3.63) is 40.3 Å². The largest absolute Gasteiger partial charge is 0.493 e. The fourth-order valence-corrected chi connectivity index (χ4v) is 2.43. The molecule has 134 valence electrons. The van der Waals surface area contributed by atoms with E-state index < -0.39 is 12.6 Å². The van der Waals surface area contributed by atoms with E-state index in [0.717, 1.165) is 5.69 Å². The van der Waals surface area contributed by atoms with Crippen LogP contribution in [0.1, 0.15) is 16.1 Å². The normalized spacial score (nSPS) is 10.3. The summed E-state index contributed by atoms with van der Waals surface area (Å²) in [7, 11) is 1.49. The van der Waals surface area contributed by atoms with Crippen LogP contribution in [0, 0.1) is 0 Å². The summed E-state index contributed by atoms with van der Waals surface area (Å²) >= 11 is 1.49. The molecular weight excluding hydrogens is 348 g/mol. The summed E-state index contributed by atoms with van der Waals surface area (Å²) < 4.78 is 15.8. The summed E-state index contributed by atoms with van der Waals surface area (Å²) in [5.74, 6) is -0.422. The third-order valence-electron chi connectivity index (χ3n) is 3.04. The minimum absolute atomic E-state index is 0.115. The maximum absolute atomic E-state index is 12.1. The van der Waals surface area contributed by atoms with Gasteiger partial charge in [-0.1, -0.05) is 0 Å². The van der Waals surface area contributed by atoms with Gasteiger partial charge >= 0.3 is 5.97 Å². The van der Waals surface area contributed by atoms with Crippen LogP contribution in [0.25, 0.3) is 0 Å². The number of hydrogen-bond donors (Lipinski definition) is 2. The van der Waals surface area contributed by atoms with Crippen molar-refractivity contribution in [3.8, 4) is 11.5 Å². The molecule has 0 radical (unpaired) electrons. The highest BCUT2D eigenvalue weighted by Crippen LogP contribution is 2.28. The molecule has 0 spiro atoms. The Bertz CT molecular complexity index is 705. The first-order valence-corrected chi connectivity index (χ1v) is 8.30. The van der Waals surface area contributed by atoms with E-state index in [9.17, 15) is 9.59 Å². The average molecular weight is 366 g/mol. The molecule has 0 aliphatic rings. The Morgan fingerprint density at radius 1 is 1.32 bits per heavy atom. The molecule has 1 amide bonds. The van der Waals surface area contributed by atoms with Gasteiger partial charge in [0.1, 0.15) is 13.2 Å². The number of aliphatic carboxylic acids is 1. The molecule has 1 aromatic carbocycles. The monoisotopic (exact) mass is 366 g/mol. The van der Waals surface area contributed by atoms with E-state index in [1.54, 1.807) is 23.7 Å². The van der Waals surface area contributed by atoms with Crippen LogP contribution in [0.3, 0.4) is 0 Å². The molecule has 9 heteroatoms. The molecule has 0 bridgehead atoms. The van der Waals surface area contributed by atoms with Crippen LogP contribution >= 0.6 is 11.3 Å². The number of nitrogens with zero attached hydrogens (tertiary/aromatic N) is 1. The first-order valence-electron chi connectivity index (χ1n) is 7.35. The number of amides is 1. The second-order valence-electron chi connectivity index (χ2n) is 4.84. The minimum atomic E-state index is -1.05. The van der Waals surface area contributed by atoms with Gasteiger partial charge in [0, 0.05) is 17.5 Å². The molecule has 2 aromatic rings. The third kappa shape index (κ3) is 6.05. The highest BCUT2D eigenvalue weighted by molar-refractivity contribution is 7.07. The molecule has 0 aliphatic heterocycles. The molecule has 0 saturated heterocycles. The Labute approximate surface area is 148 Å². The second-order valence-corrected chi connectivity index (χ2v) is 5.56. The molecule has 0 saturated carbocycles. The zero-order chi connectivity index (χ0) is 18.1. The van der Waals surface area contributed by atoms with Gasteiger partial charge in [-0.2, -0.15) is 0 Å². The Morgan fingerprint density at radius 3 is 2.84 bits per heavy atom. The first kappa shape index (κ1) is 18.7. The van der Waals surface area contributed by atoms with Gasteiger partial charge in [-0.05, 0) is 18.2 Å². The molecule has 0 atom stereocenters. The lowest BCUT2D eigenvalue weighted by Gasteiger charge is -2.12. The van der Waals surface area contributed by atoms with Crippen molar-refractivity contribution in [1.82, 2.24) is 10.3 Å². The van der Waals surface area contributed by atoms with E-state index in [2.05, 4.69) is 10.3 Å². The van der Waals surface area contributed by atoms with Crippen LogP contribution in [-0.4, -0.2) is 48.8 Å². The molecule has 8 nitrogen and oxygen atoms in total. The topological polar surface area (TPSA) is 107 Å². The predicted molar refractivity (Wildman–Crippen MR) is 90.2 cm³/mol. The lowest BCUT2D eigenvalue weighted by Crippen LogP contribution is -2.27. The Kier molecular flexibility index (Phi) is 7.17. The molecule has 1 aromatic heterocycles. The zero-order valence-electron chi connectivity index (χ0n) is 13.6. The van der Waals surface area contributed by atoms with Gasteiger partial charge in [-0.15, -0.1) is 11.3 Å². The molecule has 0 aliphatic carbocycles. The van der Waals surface area contributed by atoms with Crippen LogP contribution in [-0.2, 0) is 16.1 Å². The summed E-state index contributed by atoms with van der Waals surface area (Å²) in [6.07, 6.45) is 0. The number of thiazole rings is 1. The second kappa shape index (κ2) is 9.60. The van der Waals surface area contributed by atoms with E-state index in [0.29, 0.717) is 23.7 Å². The van der Waals surface area contributed by atoms with Gasteiger partial charge in [-0.25, -0.2) is 9.78 Å². The smallest absolute Gasteiger partial charge is 0.329 e. The van der Waals surface area contributed by atoms with Crippen molar-refractivity contribution < 1.29 is 28.9 Å². The standard InChI is InChI=1S/C16H18N2O6S/c1-22-14-6-11(16(21)17-4-5-23-8-15(19)20)2-3-13(14)24-7-12-9-25-10-18-12/h2-3,6,9-10H,4-5,7-8H2,1H3,(H,17,21)(H,19,20). The number of carboxylic acids is 1. The van der Waals surface area contributed by atoms with E-state index in [-0.39, 0.29) is 19.1 Å². The molecule has 1 heterocycles. The number of carboxylic acid groups (broad SMARTS) is 1. The van der Waals surface area contributed by atoms with E-state index >= 15 is 0 Å². The SMILES string of the molecule is COc1cc(C(=O)NCCOCC(=O)O)ccc1OCc1cscn1. The number of ether oxygens (including phenoxy) is 3. The van der Waals surface area contributed by atoms with Crippen molar-refractivity contribution in [2.24, 2.45) is 0 Å². The quantitative estimate of drug-likeness (QED) is 0.615. The van der Waals surface area contributed by atoms with Crippen molar-refractivity contribution in [2.45, 2.75) is 6.61 Å². The van der Waals surface area contributed by atoms with E-state index in [1.165, 1.54) is 18.4 Å². The van der Waals surface area contributed by atoms with Crippen LogP contribution < -0.4 is 14.8 Å². The Morgan fingerprint density at radius 2 is 2.16 bits per heavy atom. The van der Waals surface area contributed by atoms with Crippen LogP contribution in [0.2, 0.25) is 0 Å². The number of carbonyl (C=O) groups is 2. The maximum Gasteiger partial charge on any atom is 0.329 e. The maximum atomic E-state index is 12.1. The van der Waals surface area contributed by atoms with Gasteiger partial charge in [-0.3, -0.25) is 4.79 Å². The predicted octanol–water partition coefficient (Wildman–Crippen LogP) is 1.56. The minimum Gasteiger partial charge on any atom is -0.493 e. The third-order valence-corrected chi connectivity index (χ3v) is 3.68. The molecule has 0 fully saturated rings. The van der Waals surface area contributed by atoms with Crippen LogP contribution in [0.4, 0.5) is 0 Å². The molecule has 2 rings (SSSR count). The number of benzene rings is 1. The number of rotatable bonds is 10. The Hall–Kier alpha value is -2.65. The summed E-state index contributed by atoms with van der Waals surface area (Å²) in [6, 6.07) is 4.84. The van der Waals surface area contributed by atoms with Crippen molar-refractivity contribution in [2.75, 3.05) is 26.9 Å². The van der Waals surface area contributed by atoms with Crippen LogP contribution in [0.15, 0.2) is 29.1 Å². The first-order chi connectivity index (χ1) is 12.1. The van der Waals surface area contributed by atoms with Crippen molar-refractivity contribution in [1.29, 1.82) is 0 Å². The highest BCUT2D eigenvalue weighted by Gasteiger charge is 2.11. The lowest BCUT2D eigenvalue weighted by atomic mass is 10.2.